The van der Waals surface area contributed by atoms with Crippen molar-refractivity contribution in [2.24, 2.45) is 0 Å². The Kier molecular flexibility index (Phi) is 2.36. The zero-order valence-electron chi connectivity index (χ0n) is 9.70. The van der Waals surface area contributed by atoms with Crippen LogP contribution in [-0.2, 0) is 6.42 Å². The SMILES string of the molecule is Cc1ccc(C2Cc3ccc(F)cc3N2)cc1. The highest BCUT2D eigenvalue weighted by atomic mass is 19.1. The molecule has 2 aromatic rings. The second-order valence-electron chi connectivity index (χ2n) is 4.61. The van der Waals surface area contributed by atoms with Crippen LogP contribution in [0.2, 0.25) is 0 Å². The van der Waals surface area contributed by atoms with Crippen molar-refractivity contribution in [2.45, 2.75) is 19.4 Å². The monoisotopic (exact) mass is 227 g/mol. The number of nitrogens with one attached hydrogen (secondary N) is 1. The lowest BCUT2D eigenvalue weighted by atomic mass is 10.0. The van der Waals surface area contributed by atoms with E-state index in [1.54, 1.807) is 6.07 Å². The van der Waals surface area contributed by atoms with Crippen LogP contribution in [0.5, 0.6) is 0 Å². The topological polar surface area (TPSA) is 12.0 Å². The zero-order chi connectivity index (χ0) is 11.8. The highest BCUT2D eigenvalue weighted by Crippen LogP contribution is 2.34. The van der Waals surface area contributed by atoms with Gasteiger partial charge < -0.3 is 5.32 Å². The maximum atomic E-state index is 13.1. The van der Waals surface area contributed by atoms with E-state index >= 15 is 0 Å². The highest BCUT2D eigenvalue weighted by Gasteiger charge is 2.21. The van der Waals surface area contributed by atoms with Crippen molar-refractivity contribution in [2.75, 3.05) is 5.32 Å². The van der Waals surface area contributed by atoms with Gasteiger partial charge in [-0.15, -0.1) is 0 Å². The van der Waals surface area contributed by atoms with E-state index < -0.39 is 0 Å². The van der Waals surface area contributed by atoms with Crippen LogP contribution in [0.3, 0.4) is 0 Å². The first-order valence-electron chi connectivity index (χ1n) is 5.84. The van der Waals surface area contributed by atoms with Crippen LogP contribution < -0.4 is 5.32 Å². The lowest BCUT2D eigenvalue weighted by molar-refractivity contribution is 0.628. The van der Waals surface area contributed by atoms with Crippen molar-refractivity contribution in [3.05, 3.63) is 65.0 Å². The van der Waals surface area contributed by atoms with Gasteiger partial charge in [0.25, 0.3) is 0 Å². The van der Waals surface area contributed by atoms with E-state index in [2.05, 4.69) is 36.5 Å². The lowest BCUT2D eigenvalue weighted by Gasteiger charge is -2.11. The first-order chi connectivity index (χ1) is 8.22. The van der Waals surface area contributed by atoms with E-state index in [4.69, 9.17) is 0 Å². The Labute approximate surface area is 100 Å². The predicted octanol–water partition coefficient (Wildman–Crippen LogP) is 3.84. The summed E-state index contributed by atoms with van der Waals surface area (Å²) < 4.78 is 13.1. The molecule has 1 unspecified atom stereocenters. The Morgan fingerprint density at radius 3 is 2.65 bits per heavy atom. The standard InChI is InChI=1S/C15H14FN/c1-10-2-4-11(5-3-10)14-8-12-6-7-13(16)9-15(12)17-14/h2-7,9,14,17H,8H2,1H3. The maximum Gasteiger partial charge on any atom is 0.125 e. The largest absolute Gasteiger partial charge is 0.378 e. The molecular formula is C15H14FN. The second kappa shape index (κ2) is 3.88. The van der Waals surface area contributed by atoms with Crippen molar-refractivity contribution < 1.29 is 4.39 Å². The molecule has 0 radical (unpaired) electrons. The van der Waals surface area contributed by atoms with Crippen molar-refractivity contribution in [1.29, 1.82) is 0 Å². The number of hydrogen-bond donors (Lipinski definition) is 1. The minimum absolute atomic E-state index is 0.180. The van der Waals surface area contributed by atoms with Crippen LogP contribution in [0, 0.1) is 12.7 Å². The van der Waals surface area contributed by atoms with Crippen molar-refractivity contribution in [3.8, 4) is 0 Å². The molecule has 2 aromatic carbocycles. The fraction of sp³-hybridized carbons (Fsp3) is 0.200. The van der Waals surface area contributed by atoms with Crippen LogP contribution in [0.25, 0.3) is 0 Å². The van der Waals surface area contributed by atoms with Crippen LogP contribution in [-0.4, -0.2) is 0 Å². The fourth-order valence-corrected chi connectivity index (χ4v) is 2.32. The van der Waals surface area contributed by atoms with Crippen LogP contribution in [0.4, 0.5) is 10.1 Å². The van der Waals surface area contributed by atoms with Gasteiger partial charge in [0.1, 0.15) is 5.82 Å². The van der Waals surface area contributed by atoms with Gasteiger partial charge in [0.2, 0.25) is 0 Å². The first-order valence-corrected chi connectivity index (χ1v) is 5.84. The molecule has 0 fully saturated rings. The van der Waals surface area contributed by atoms with E-state index in [0.29, 0.717) is 0 Å². The predicted molar refractivity (Wildman–Crippen MR) is 67.6 cm³/mol. The molecule has 17 heavy (non-hydrogen) atoms. The van der Waals surface area contributed by atoms with Gasteiger partial charge in [-0.2, -0.15) is 0 Å². The summed E-state index contributed by atoms with van der Waals surface area (Å²) in [7, 11) is 0. The van der Waals surface area contributed by atoms with Gasteiger partial charge in [-0.1, -0.05) is 35.9 Å². The number of anilines is 1. The van der Waals surface area contributed by atoms with Gasteiger partial charge in [0.15, 0.2) is 0 Å². The normalized spacial score (nSPS) is 17.6. The number of rotatable bonds is 1. The molecule has 1 aliphatic rings. The number of halogens is 1. The molecule has 0 aromatic heterocycles. The number of fused-ring (bicyclic) bond motifs is 1. The summed E-state index contributed by atoms with van der Waals surface area (Å²) in [5.74, 6) is -0.180. The van der Waals surface area contributed by atoms with E-state index in [1.165, 1.54) is 22.8 Å². The Hall–Kier alpha value is -1.83. The molecule has 1 aliphatic heterocycles. The molecule has 1 heterocycles. The minimum atomic E-state index is -0.180. The number of aryl methyl sites for hydroxylation is 1. The Morgan fingerprint density at radius 2 is 1.88 bits per heavy atom. The summed E-state index contributed by atoms with van der Waals surface area (Å²) in [4.78, 5) is 0. The van der Waals surface area contributed by atoms with Gasteiger partial charge in [-0.25, -0.2) is 4.39 Å². The summed E-state index contributed by atoms with van der Waals surface area (Å²) in [5.41, 5.74) is 4.63. The second-order valence-corrected chi connectivity index (χ2v) is 4.61. The van der Waals surface area contributed by atoms with Gasteiger partial charge in [0, 0.05) is 5.69 Å². The smallest absolute Gasteiger partial charge is 0.125 e. The summed E-state index contributed by atoms with van der Waals surface area (Å²) in [6, 6.07) is 13.7. The molecule has 2 heteroatoms. The van der Waals surface area contributed by atoms with Crippen molar-refractivity contribution in [1.82, 2.24) is 0 Å². The summed E-state index contributed by atoms with van der Waals surface area (Å²) in [6.45, 7) is 2.08. The first kappa shape index (κ1) is 10.3. The molecule has 3 rings (SSSR count). The van der Waals surface area contributed by atoms with Gasteiger partial charge in [-0.3, -0.25) is 0 Å². The van der Waals surface area contributed by atoms with Gasteiger partial charge >= 0.3 is 0 Å². The summed E-state index contributed by atoms with van der Waals surface area (Å²) in [5, 5.41) is 3.37. The quantitative estimate of drug-likeness (QED) is 0.780. The summed E-state index contributed by atoms with van der Waals surface area (Å²) >= 11 is 0. The maximum absolute atomic E-state index is 13.1. The molecule has 86 valence electrons. The molecule has 0 aliphatic carbocycles. The molecule has 0 saturated heterocycles. The van der Waals surface area contributed by atoms with Crippen molar-refractivity contribution in [3.63, 3.8) is 0 Å². The average Bonchev–Trinajstić information content (AvgIpc) is 2.72. The summed E-state index contributed by atoms with van der Waals surface area (Å²) in [6.07, 6.45) is 0.929. The molecule has 1 atom stereocenters. The molecule has 0 saturated carbocycles. The third kappa shape index (κ3) is 1.91. The highest BCUT2D eigenvalue weighted by molar-refractivity contribution is 5.58. The van der Waals surface area contributed by atoms with E-state index in [-0.39, 0.29) is 11.9 Å². The Balaban J connectivity index is 1.88. The fourth-order valence-electron chi connectivity index (χ4n) is 2.32. The van der Waals surface area contributed by atoms with E-state index in [0.717, 1.165) is 12.1 Å². The molecule has 0 spiro atoms. The third-order valence-corrected chi connectivity index (χ3v) is 3.31. The van der Waals surface area contributed by atoms with Gasteiger partial charge in [0.05, 0.1) is 6.04 Å². The zero-order valence-corrected chi connectivity index (χ0v) is 9.70. The minimum Gasteiger partial charge on any atom is -0.378 e. The molecule has 1 N–H and O–H groups in total. The Bertz CT molecular complexity index is 545. The lowest BCUT2D eigenvalue weighted by Crippen LogP contribution is -2.05. The molecular weight excluding hydrogens is 213 g/mol. The molecule has 0 bridgehead atoms. The van der Waals surface area contributed by atoms with Crippen molar-refractivity contribution >= 4 is 5.69 Å². The van der Waals surface area contributed by atoms with E-state index in [1.807, 2.05) is 6.07 Å². The van der Waals surface area contributed by atoms with Crippen LogP contribution in [0.15, 0.2) is 42.5 Å². The van der Waals surface area contributed by atoms with Gasteiger partial charge in [-0.05, 0) is 36.6 Å². The Morgan fingerprint density at radius 1 is 1.12 bits per heavy atom. The van der Waals surface area contributed by atoms with Crippen LogP contribution in [0.1, 0.15) is 22.7 Å². The number of hydrogen-bond acceptors (Lipinski definition) is 1. The average molecular weight is 227 g/mol. The number of benzene rings is 2. The molecule has 0 amide bonds. The molecule has 1 nitrogen and oxygen atoms in total. The van der Waals surface area contributed by atoms with E-state index in [9.17, 15) is 4.39 Å². The third-order valence-electron chi connectivity index (χ3n) is 3.31. The van der Waals surface area contributed by atoms with Crippen LogP contribution >= 0.6 is 0 Å².